The van der Waals surface area contributed by atoms with E-state index in [2.05, 4.69) is 15.9 Å². The van der Waals surface area contributed by atoms with Gasteiger partial charge in [0.2, 0.25) is 0 Å². The number of carbonyl (C=O) groups is 1. The number of hydrogen-bond donors (Lipinski definition) is 0. The number of nitrogens with zero attached hydrogens (tertiary/aromatic N) is 1. The molecule has 14 heavy (non-hydrogen) atoms. The highest BCUT2D eigenvalue weighted by molar-refractivity contribution is 9.10. The number of nitriles is 1. The van der Waals surface area contributed by atoms with Crippen LogP contribution in [-0.4, -0.2) is 10.6 Å². The first kappa shape index (κ1) is 10.9. The number of rotatable bonds is 2. The van der Waals surface area contributed by atoms with E-state index < -0.39 is 10.6 Å². The van der Waals surface area contributed by atoms with Crippen molar-refractivity contribution in [3.8, 4) is 6.07 Å². The van der Waals surface area contributed by atoms with Crippen molar-refractivity contribution in [1.29, 1.82) is 5.26 Å². The maximum absolute atomic E-state index is 13.1. The molecule has 0 heterocycles. The van der Waals surface area contributed by atoms with Gasteiger partial charge in [0.05, 0.1) is 10.4 Å². The first-order chi connectivity index (χ1) is 6.57. The highest BCUT2D eigenvalue weighted by atomic mass is 79.9. The fraction of sp³-hybridized carbons (Fsp3) is 0.200. The van der Waals surface area contributed by atoms with Gasteiger partial charge < -0.3 is 0 Å². The van der Waals surface area contributed by atoms with E-state index in [9.17, 15) is 9.18 Å². The van der Waals surface area contributed by atoms with Crippen LogP contribution in [0.2, 0.25) is 0 Å². The Bertz CT molecular complexity index is 409. The van der Waals surface area contributed by atoms with Gasteiger partial charge >= 0.3 is 0 Å². The molecule has 1 unspecified atom stereocenters. The lowest BCUT2D eigenvalue weighted by molar-refractivity contribution is 0.0995. The Balaban J connectivity index is 3.29. The zero-order valence-corrected chi connectivity index (χ0v) is 9.01. The van der Waals surface area contributed by atoms with Gasteiger partial charge in [0.25, 0.3) is 0 Å². The van der Waals surface area contributed by atoms with E-state index >= 15 is 0 Å². The topological polar surface area (TPSA) is 40.9 Å². The molecule has 0 saturated heterocycles. The Morgan fingerprint density at radius 3 is 2.79 bits per heavy atom. The second-order valence-corrected chi connectivity index (χ2v) is 4.13. The maximum atomic E-state index is 13.1. The third kappa shape index (κ3) is 1.99. The van der Waals surface area contributed by atoms with Gasteiger partial charge in [-0.1, -0.05) is 22.0 Å². The second kappa shape index (κ2) is 4.34. The molecule has 0 aliphatic rings. The number of carbonyl (C=O) groups excluding carboxylic acids is 1. The summed E-state index contributed by atoms with van der Waals surface area (Å²) in [6.07, 6.45) is 0. The van der Waals surface area contributed by atoms with E-state index in [0.717, 1.165) is 6.07 Å². The van der Waals surface area contributed by atoms with Crippen molar-refractivity contribution >= 4 is 21.7 Å². The summed E-state index contributed by atoms with van der Waals surface area (Å²) in [5.74, 6) is -0.951. The predicted octanol–water partition coefficient (Wildman–Crippen LogP) is 2.66. The summed E-state index contributed by atoms with van der Waals surface area (Å²) in [6, 6.07) is 5.71. The quantitative estimate of drug-likeness (QED) is 0.602. The molecule has 72 valence electrons. The van der Waals surface area contributed by atoms with Gasteiger partial charge in [0, 0.05) is 5.56 Å². The van der Waals surface area contributed by atoms with Crippen molar-refractivity contribution < 1.29 is 9.18 Å². The van der Waals surface area contributed by atoms with Crippen molar-refractivity contribution in [2.24, 2.45) is 0 Å². The Labute approximate surface area is 89.5 Å². The SMILES string of the molecule is CC(Br)C(=O)c1cccc(F)c1C#N. The Morgan fingerprint density at radius 1 is 1.64 bits per heavy atom. The Hall–Kier alpha value is -1.21. The largest absolute Gasteiger partial charge is 0.293 e. The average molecular weight is 256 g/mol. The lowest BCUT2D eigenvalue weighted by Gasteiger charge is -2.04. The first-order valence-corrected chi connectivity index (χ1v) is 4.86. The van der Waals surface area contributed by atoms with Crippen molar-refractivity contribution in [1.82, 2.24) is 0 Å². The van der Waals surface area contributed by atoms with Gasteiger partial charge in [-0.25, -0.2) is 4.39 Å². The molecule has 1 atom stereocenters. The summed E-state index contributed by atoms with van der Waals surface area (Å²) in [7, 11) is 0. The highest BCUT2D eigenvalue weighted by Crippen LogP contribution is 2.16. The molecule has 1 rings (SSSR count). The lowest BCUT2D eigenvalue weighted by atomic mass is 10.0. The summed E-state index contributed by atoms with van der Waals surface area (Å²) in [6.45, 7) is 1.63. The molecule has 1 aromatic carbocycles. The zero-order chi connectivity index (χ0) is 10.7. The standard InChI is InChI=1S/C10H7BrFNO/c1-6(11)10(14)7-3-2-4-9(12)8(7)5-13/h2-4,6H,1H3. The third-order valence-corrected chi connectivity index (χ3v) is 2.17. The number of ketones is 1. The molecule has 0 amide bonds. The number of alkyl halides is 1. The molecule has 0 spiro atoms. The van der Waals surface area contributed by atoms with Crippen LogP contribution in [0.1, 0.15) is 22.8 Å². The predicted molar refractivity (Wildman–Crippen MR) is 53.8 cm³/mol. The minimum absolute atomic E-state index is 0.122. The summed E-state index contributed by atoms with van der Waals surface area (Å²) < 4.78 is 13.1. The zero-order valence-electron chi connectivity index (χ0n) is 7.42. The van der Waals surface area contributed by atoms with E-state index in [4.69, 9.17) is 5.26 Å². The van der Waals surface area contributed by atoms with Gasteiger partial charge in [-0.05, 0) is 19.1 Å². The number of hydrogen-bond acceptors (Lipinski definition) is 2. The van der Waals surface area contributed by atoms with Crippen LogP contribution in [0.3, 0.4) is 0 Å². The average Bonchev–Trinajstić information content (AvgIpc) is 2.16. The molecular weight excluding hydrogens is 249 g/mol. The lowest BCUT2D eigenvalue weighted by Crippen LogP contribution is -2.12. The summed E-state index contributed by atoms with van der Waals surface area (Å²) in [4.78, 5) is 11.1. The fourth-order valence-electron chi connectivity index (χ4n) is 1.06. The monoisotopic (exact) mass is 255 g/mol. The highest BCUT2D eigenvalue weighted by Gasteiger charge is 2.18. The van der Waals surface area contributed by atoms with Gasteiger partial charge in [-0.2, -0.15) is 5.26 Å². The molecule has 0 aliphatic heterocycles. The number of benzene rings is 1. The molecular formula is C10H7BrFNO. The Morgan fingerprint density at radius 2 is 2.29 bits per heavy atom. The van der Waals surface area contributed by atoms with Crippen LogP contribution in [-0.2, 0) is 0 Å². The van der Waals surface area contributed by atoms with Gasteiger partial charge in [-0.15, -0.1) is 0 Å². The molecule has 0 saturated carbocycles. The molecule has 1 aromatic rings. The molecule has 0 radical (unpaired) electrons. The summed E-state index contributed by atoms with van der Waals surface area (Å²) in [5.41, 5.74) is -0.0688. The summed E-state index contributed by atoms with van der Waals surface area (Å²) in [5, 5.41) is 8.67. The molecule has 0 N–H and O–H groups in total. The smallest absolute Gasteiger partial charge is 0.177 e. The number of Topliss-reactive ketones (excluding diaryl/α,β-unsaturated/α-hetero) is 1. The fourth-order valence-corrected chi connectivity index (χ4v) is 1.30. The van der Waals surface area contributed by atoms with Crippen molar-refractivity contribution in [3.05, 3.63) is 35.1 Å². The van der Waals surface area contributed by atoms with Crippen molar-refractivity contribution in [2.75, 3.05) is 0 Å². The maximum Gasteiger partial charge on any atom is 0.177 e. The van der Waals surface area contributed by atoms with Crippen molar-refractivity contribution in [3.63, 3.8) is 0 Å². The van der Waals surface area contributed by atoms with Gasteiger partial charge in [0.15, 0.2) is 5.78 Å². The minimum atomic E-state index is -0.661. The second-order valence-electron chi connectivity index (χ2n) is 2.75. The molecule has 0 aromatic heterocycles. The minimum Gasteiger partial charge on any atom is -0.293 e. The first-order valence-electron chi connectivity index (χ1n) is 3.94. The van der Waals surface area contributed by atoms with Crippen LogP contribution >= 0.6 is 15.9 Å². The van der Waals surface area contributed by atoms with Crippen LogP contribution in [0, 0.1) is 17.1 Å². The van der Waals surface area contributed by atoms with Crippen molar-refractivity contribution in [2.45, 2.75) is 11.8 Å². The normalized spacial score (nSPS) is 11.9. The summed E-state index contributed by atoms with van der Waals surface area (Å²) >= 11 is 3.08. The van der Waals surface area contributed by atoms with Crippen LogP contribution < -0.4 is 0 Å². The number of halogens is 2. The van der Waals surface area contributed by atoms with E-state index in [1.54, 1.807) is 13.0 Å². The Kier molecular flexibility index (Phi) is 3.37. The van der Waals surface area contributed by atoms with Gasteiger partial charge in [0.1, 0.15) is 11.9 Å². The van der Waals surface area contributed by atoms with E-state index in [1.807, 2.05) is 0 Å². The van der Waals surface area contributed by atoms with Crippen LogP contribution in [0.5, 0.6) is 0 Å². The van der Waals surface area contributed by atoms with E-state index in [1.165, 1.54) is 12.1 Å². The van der Waals surface area contributed by atoms with E-state index in [-0.39, 0.29) is 16.9 Å². The molecule has 0 fully saturated rings. The van der Waals surface area contributed by atoms with Crippen LogP contribution in [0.15, 0.2) is 18.2 Å². The van der Waals surface area contributed by atoms with Crippen LogP contribution in [0.4, 0.5) is 4.39 Å². The van der Waals surface area contributed by atoms with Gasteiger partial charge in [-0.3, -0.25) is 4.79 Å². The molecule has 0 aliphatic carbocycles. The molecule has 0 bridgehead atoms. The molecule has 4 heteroatoms. The van der Waals surface area contributed by atoms with Crippen LogP contribution in [0.25, 0.3) is 0 Å². The van der Waals surface area contributed by atoms with E-state index in [0.29, 0.717) is 0 Å². The third-order valence-electron chi connectivity index (χ3n) is 1.75. The molecule has 2 nitrogen and oxygen atoms in total.